The van der Waals surface area contributed by atoms with Crippen LogP contribution in [0.4, 0.5) is 0 Å². The predicted molar refractivity (Wildman–Crippen MR) is 104 cm³/mol. The molecule has 25 heavy (non-hydrogen) atoms. The number of aliphatic carboxylic acids is 1. The topological polar surface area (TPSA) is 86.1 Å². The van der Waals surface area contributed by atoms with Gasteiger partial charge in [-0.2, -0.15) is 0 Å². The zero-order chi connectivity index (χ0) is 18.6. The maximum atomic E-state index is 10.3. The summed E-state index contributed by atoms with van der Waals surface area (Å²) in [5, 5.41) is 12.3. The Labute approximate surface area is 151 Å². The SMILES string of the molecule is CCC[C@@H](C/C=C\C/C=C\C/C=C\C/C=C\CCCC(=O)O)N=[N+]=[N-]. The molecule has 0 unspecified atom stereocenters. The van der Waals surface area contributed by atoms with Crippen LogP contribution in [0.3, 0.4) is 0 Å². The van der Waals surface area contributed by atoms with Gasteiger partial charge in [0.15, 0.2) is 0 Å². The third kappa shape index (κ3) is 17.9. The molecule has 0 aromatic heterocycles. The smallest absolute Gasteiger partial charge is 0.303 e. The second-order valence-electron chi connectivity index (χ2n) is 5.76. The van der Waals surface area contributed by atoms with Crippen molar-refractivity contribution in [1.29, 1.82) is 0 Å². The zero-order valence-corrected chi connectivity index (χ0v) is 15.3. The molecule has 5 nitrogen and oxygen atoms in total. The van der Waals surface area contributed by atoms with Gasteiger partial charge in [0.1, 0.15) is 0 Å². The van der Waals surface area contributed by atoms with Gasteiger partial charge in [-0.05, 0) is 50.5 Å². The lowest BCUT2D eigenvalue weighted by Crippen LogP contribution is -2.00. The van der Waals surface area contributed by atoms with Gasteiger partial charge < -0.3 is 5.11 Å². The van der Waals surface area contributed by atoms with Gasteiger partial charge in [-0.15, -0.1) is 0 Å². The highest BCUT2D eigenvalue weighted by atomic mass is 16.4. The minimum atomic E-state index is -0.730. The first kappa shape index (κ1) is 22.7. The van der Waals surface area contributed by atoms with Crippen LogP contribution in [-0.4, -0.2) is 17.1 Å². The van der Waals surface area contributed by atoms with Gasteiger partial charge in [-0.3, -0.25) is 4.79 Å². The Balaban J connectivity index is 3.67. The van der Waals surface area contributed by atoms with Crippen LogP contribution in [0.25, 0.3) is 10.4 Å². The highest BCUT2D eigenvalue weighted by molar-refractivity contribution is 5.66. The minimum absolute atomic E-state index is 0.0790. The maximum absolute atomic E-state index is 10.3. The molecule has 0 rings (SSSR count). The maximum Gasteiger partial charge on any atom is 0.303 e. The Morgan fingerprint density at radius 1 is 1.04 bits per heavy atom. The monoisotopic (exact) mass is 345 g/mol. The number of azide groups is 1. The number of carbonyl (C=O) groups is 1. The molecule has 1 N–H and O–H groups in total. The number of nitrogens with zero attached hydrogens (tertiary/aromatic N) is 3. The lowest BCUT2D eigenvalue weighted by molar-refractivity contribution is -0.137. The van der Waals surface area contributed by atoms with Crippen LogP contribution in [0, 0.1) is 0 Å². The summed E-state index contributed by atoms with van der Waals surface area (Å²) in [6.45, 7) is 2.09. The molecule has 0 amide bonds. The Bertz CT molecular complexity index is 501. The van der Waals surface area contributed by atoms with Crippen molar-refractivity contribution >= 4 is 5.97 Å². The predicted octanol–water partition coefficient (Wildman–Crippen LogP) is 6.51. The van der Waals surface area contributed by atoms with Crippen LogP contribution >= 0.6 is 0 Å². The Hall–Kier alpha value is -2.26. The molecule has 0 aromatic carbocycles. The van der Waals surface area contributed by atoms with Crippen LogP contribution in [0.15, 0.2) is 53.7 Å². The van der Waals surface area contributed by atoms with E-state index in [-0.39, 0.29) is 12.5 Å². The summed E-state index contributed by atoms with van der Waals surface area (Å²) in [4.78, 5) is 13.2. The molecule has 0 saturated heterocycles. The normalized spacial score (nSPS) is 13.2. The first-order valence-electron chi connectivity index (χ1n) is 9.06. The number of unbranched alkanes of at least 4 members (excludes halogenated alkanes) is 1. The molecule has 0 aromatic rings. The highest BCUT2D eigenvalue weighted by Crippen LogP contribution is 2.08. The van der Waals surface area contributed by atoms with Crippen LogP contribution in [0.2, 0.25) is 0 Å². The molecule has 0 radical (unpaired) electrons. The standard InChI is InChI=1S/C20H31N3O2/c1-2-16-19(22-23-21)17-14-12-10-8-6-4-3-5-7-9-11-13-15-18-20(24)25/h3,5-6,8-9,11-12,14,19H,2,4,7,10,13,15-18H2,1H3,(H,24,25)/b5-3-,8-6-,11-9-,14-12-/t19-/m0/s1. The Morgan fingerprint density at radius 3 is 2.12 bits per heavy atom. The van der Waals surface area contributed by atoms with Crippen molar-refractivity contribution in [2.24, 2.45) is 5.11 Å². The summed E-state index contributed by atoms with van der Waals surface area (Å²) < 4.78 is 0. The first-order chi connectivity index (χ1) is 12.2. The summed E-state index contributed by atoms with van der Waals surface area (Å²) in [6.07, 6.45) is 24.0. The van der Waals surface area contributed by atoms with Gasteiger partial charge in [-0.1, -0.05) is 67.1 Å². The van der Waals surface area contributed by atoms with Gasteiger partial charge in [0.25, 0.3) is 0 Å². The van der Waals surface area contributed by atoms with Crippen LogP contribution in [-0.2, 0) is 4.79 Å². The molecule has 0 spiro atoms. The Morgan fingerprint density at radius 2 is 1.60 bits per heavy atom. The summed E-state index contributed by atoms with van der Waals surface area (Å²) in [6, 6.07) is 0.0790. The number of rotatable bonds is 15. The van der Waals surface area contributed by atoms with Gasteiger partial charge in [0.2, 0.25) is 0 Å². The molecule has 1 atom stereocenters. The summed E-state index contributed by atoms with van der Waals surface area (Å²) in [7, 11) is 0. The van der Waals surface area contributed by atoms with Crippen molar-refractivity contribution in [3.63, 3.8) is 0 Å². The third-order valence-corrected chi connectivity index (χ3v) is 3.49. The molecule has 5 heteroatoms. The van der Waals surface area contributed by atoms with Crippen LogP contribution in [0.5, 0.6) is 0 Å². The fourth-order valence-electron chi connectivity index (χ4n) is 2.18. The fourth-order valence-corrected chi connectivity index (χ4v) is 2.18. The van der Waals surface area contributed by atoms with Gasteiger partial charge in [-0.25, -0.2) is 0 Å². The molecule has 0 bridgehead atoms. The third-order valence-electron chi connectivity index (χ3n) is 3.49. The van der Waals surface area contributed by atoms with Gasteiger partial charge in [0, 0.05) is 17.4 Å². The number of allylic oxidation sites excluding steroid dienone is 7. The summed E-state index contributed by atoms with van der Waals surface area (Å²) >= 11 is 0. The molecular formula is C20H31N3O2. The number of hydrogen-bond acceptors (Lipinski definition) is 2. The second-order valence-corrected chi connectivity index (χ2v) is 5.76. The van der Waals surface area contributed by atoms with E-state index in [0.717, 1.165) is 44.9 Å². The molecule has 138 valence electrons. The van der Waals surface area contributed by atoms with E-state index in [2.05, 4.69) is 59.5 Å². The van der Waals surface area contributed by atoms with E-state index in [1.165, 1.54) is 0 Å². The molecular weight excluding hydrogens is 314 g/mol. The van der Waals surface area contributed by atoms with Crippen molar-refractivity contribution in [1.82, 2.24) is 0 Å². The largest absolute Gasteiger partial charge is 0.481 e. The average molecular weight is 345 g/mol. The van der Waals surface area contributed by atoms with Crippen molar-refractivity contribution < 1.29 is 9.90 Å². The number of carboxylic acid groups (broad SMARTS) is 1. The second kappa shape index (κ2) is 18.1. The molecule has 0 heterocycles. The van der Waals surface area contributed by atoms with E-state index in [1.54, 1.807) is 0 Å². The number of carboxylic acids is 1. The molecule has 0 aliphatic heterocycles. The average Bonchev–Trinajstić information content (AvgIpc) is 2.58. The van der Waals surface area contributed by atoms with Gasteiger partial charge >= 0.3 is 5.97 Å². The lowest BCUT2D eigenvalue weighted by atomic mass is 10.1. The molecule has 0 saturated carbocycles. The minimum Gasteiger partial charge on any atom is -0.481 e. The van der Waals surface area contributed by atoms with E-state index in [0.29, 0.717) is 6.42 Å². The van der Waals surface area contributed by atoms with E-state index in [4.69, 9.17) is 10.6 Å². The van der Waals surface area contributed by atoms with Crippen molar-refractivity contribution in [2.75, 3.05) is 0 Å². The van der Waals surface area contributed by atoms with Crippen LogP contribution in [0.1, 0.15) is 64.7 Å². The van der Waals surface area contributed by atoms with E-state index >= 15 is 0 Å². The van der Waals surface area contributed by atoms with Gasteiger partial charge in [0.05, 0.1) is 0 Å². The van der Waals surface area contributed by atoms with Crippen molar-refractivity contribution in [3.05, 3.63) is 59.1 Å². The van der Waals surface area contributed by atoms with E-state index < -0.39 is 5.97 Å². The first-order valence-corrected chi connectivity index (χ1v) is 9.06. The molecule has 0 aliphatic carbocycles. The molecule has 0 aliphatic rings. The van der Waals surface area contributed by atoms with Crippen LogP contribution < -0.4 is 0 Å². The Kier molecular flexibility index (Phi) is 16.4. The summed E-state index contributed by atoms with van der Waals surface area (Å²) in [5.74, 6) is -0.730. The highest BCUT2D eigenvalue weighted by Gasteiger charge is 2.00. The summed E-state index contributed by atoms with van der Waals surface area (Å²) in [5.41, 5.74) is 8.49. The lowest BCUT2D eigenvalue weighted by Gasteiger charge is -2.04. The quantitative estimate of drug-likeness (QED) is 0.121. The fraction of sp³-hybridized carbons (Fsp3) is 0.550. The molecule has 0 fully saturated rings. The van der Waals surface area contributed by atoms with Crippen molar-refractivity contribution in [3.8, 4) is 0 Å². The zero-order valence-electron chi connectivity index (χ0n) is 15.3. The number of hydrogen-bond donors (Lipinski definition) is 1. The van der Waals surface area contributed by atoms with E-state index in [9.17, 15) is 4.79 Å². The van der Waals surface area contributed by atoms with Crippen molar-refractivity contribution in [2.45, 2.75) is 70.8 Å². The van der Waals surface area contributed by atoms with E-state index in [1.807, 2.05) is 6.08 Å².